The molecule has 1 saturated heterocycles. The van der Waals surface area contributed by atoms with Crippen LogP contribution in [0.15, 0.2) is 24.3 Å². The van der Waals surface area contributed by atoms with E-state index >= 15 is 0 Å². The second kappa shape index (κ2) is 5.44. The van der Waals surface area contributed by atoms with Gasteiger partial charge in [0.1, 0.15) is 11.6 Å². The monoisotopic (exact) mass is 294 g/mol. The molecule has 0 saturated carbocycles. The predicted octanol–water partition coefficient (Wildman–Crippen LogP) is 2.36. The minimum atomic E-state index is -0.873. The van der Waals surface area contributed by atoms with Crippen LogP contribution >= 0.6 is 11.6 Å². The Hall–Kier alpha value is -1.55. The number of amides is 2. The standard InChI is InChI=1S/C15H19ClN2O2/c1-4-12-13(19)18(15(2,3)14(20)17-12)9-10-7-5-6-8-11(10)16/h5-8,12H,4,9H2,1-3H3,(H,17,20). The normalized spacial score (nSPS) is 21.8. The Morgan fingerprint density at radius 3 is 2.55 bits per heavy atom. The minimum absolute atomic E-state index is 0.0583. The number of carbonyl (C=O) groups is 2. The lowest BCUT2D eigenvalue weighted by Gasteiger charge is -2.44. The predicted molar refractivity (Wildman–Crippen MR) is 78.3 cm³/mol. The van der Waals surface area contributed by atoms with Crippen LogP contribution in [0.1, 0.15) is 32.8 Å². The van der Waals surface area contributed by atoms with Crippen LogP contribution in [0.5, 0.6) is 0 Å². The van der Waals surface area contributed by atoms with E-state index in [0.717, 1.165) is 5.56 Å². The highest BCUT2D eigenvalue weighted by atomic mass is 35.5. The van der Waals surface area contributed by atoms with Crippen molar-refractivity contribution in [3.63, 3.8) is 0 Å². The van der Waals surface area contributed by atoms with Gasteiger partial charge in [0.25, 0.3) is 0 Å². The molecule has 0 bridgehead atoms. The first-order chi connectivity index (χ1) is 9.37. The van der Waals surface area contributed by atoms with E-state index in [1.807, 2.05) is 25.1 Å². The highest BCUT2D eigenvalue weighted by molar-refractivity contribution is 6.31. The maximum Gasteiger partial charge on any atom is 0.246 e. The van der Waals surface area contributed by atoms with Crippen LogP contribution in [-0.4, -0.2) is 28.3 Å². The fraction of sp³-hybridized carbons (Fsp3) is 0.467. The van der Waals surface area contributed by atoms with Crippen LogP contribution in [0.25, 0.3) is 0 Å². The number of nitrogens with one attached hydrogen (secondary N) is 1. The molecule has 1 aliphatic heterocycles. The van der Waals surface area contributed by atoms with E-state index in [4.69, 9.17) is 11.6 Å². The molecule has 1 atom stereocenters. The molecular weight excluding hydrogens is 276 g/mol. The molecule has 1 N–H and O–H groups in total. The Bertz CT molecular complexity index is 542. The SMILES string of the molecule is CCC1NC(=O)C(C)(C)N(Cc2ccccc2Cl)C1=O. The summed E-state index contributed by atoms with van der Waals surface area (Å²) in [6.45, 7) is 5.73. The molecule has 1 aliphatic rings. The van der Waals surface area contributed by atoms with Gasteiger partial charge in [0.15, 0.2) is 0 Å². The van der Waals surface area contributed by atoms with Crippen molar-refractivity contribution in [1.29, 1.82) is 0 Å². The highest BCUT2D eigenvalue weighted by Crippen LogP contribution is 2.26. The third-order valence-electron chi connectivity index (χ3n) is 3.79. The Kier molecular flexibility index (Phi) is 4.04. The maximum absolute atomic E-state index is 12.5. The zero-order valence-corrected chi connectivity index (χ0v) is 12.7. The van der Waals surface area contributed by atoms with Crippen molar-refractivity contribution >= 4 is 23.4 Å². The van der Waals surface area contributed by atoms with E-state index in [1.54, 1.807) is 24.8 Å². The molecule has 0 aromatic heterocycles. The molecule has 1 heterocycles. The Morgan fingerprint density at radius 1 is 1.30 bits per heavy atom. The Balaban J connectivity index is 2.33. The summed E-state index contributed by atoms with van der Waals surface area (Å²) < 4.78 is 0. The number of nitrogens with zero attached hydrogens (tertiary/aromatic N) is 1. The lowest BCUT2D eigenvalue weighted by molar-refractivity contribution is -0.156. The molecule has 1 aromatic carbocycles. The van der Waals surface area contributed by atoms with Gasteiger partial charge in [-0.25, -0.2) is 0 Å². The fourth-order valence-electron chi connectivity index (χ4n) is 2.33. The molecule has 0 aliphatic carbocycles. The Labute approximate surface area is 124 Å². The zero-order chi connectivity index (χ0) is 14.9. The largest absolute Gasteiger partial charge is 0.342 e. The van der Waals surface area contributed by atoms with Gasteiger partial charge in [0.2, 0.25) is 11.8 Å². The van der Waals surface area contributed by atoms with Crippen LogP contribution in [0.2, 0.25) is 5.02 Å². The lowest BCUT2D eigenvalue weighted by Crippen LogP contribution is -2.67. The van der Waals surface area contributed by atoms with Gasteiger partial charge in [0.05, 0.1) is 0 Å². The second-order valence-corrected chi connectivity index (χ2v) is 5.92. The summed E-state index contributed by atoms with van der Waals surface area (Å²) in [5, 5.41) is 3.38. The molecule has 0 spiro atoms. The number of benzene rings is 1. The van der Waals surface area contributed by atoms with Crippen molar-refractivity contribution in [1.82, 2.24) is 10.2 Å². The van der Waals surface area contributed by atoms with E-state index in [0.29, 0.717) is 18.0 Å². The fourth-order valence-corrected chi connectivity index (χ4v) is 2.53. The van der Waals surface area contributed by atoms with E-state index < -0.39 is 11.6 Å². The first-order valence-electron chi connectivity index (χ1n) is 6.73. The van der Waals surface area contributed by atoms with Crippen molar-refractivity contribution in [2.24, 2.45) is 0 Å². The summed E-state index contributed by atoms with van der Waals surface area (Å²) in [6, 6.07) is 6.93. The number of rotatable bonds is 3. The minimum Gasteiger partial charge on any atom is -0.342 e. The number of carbonyl (C=O) groups excluding carboxylic acids is 2. The lowest BCUT2D eigenvalue weighted by atomic mass is 9.94. The van der Waals surface area contributed by atoms with E-state index in [-0.39, 0.29) is 11.8 Å². The molecule has 1 fully saturated rings. The second-order valence-electron chi connectivity index (χ2n) is 5.51. The first-order valence-corrected chi connectivity index (χ1v) is 7.11. The van der Waals surface area contributed by atoms with Crippen LogP contribution in [-0.2, 0) is 16.1 Å². The molecule has 5 heteroatoms. The summed E-state index contributed by atoms with van der Waals surface area (Å²) in [4.78, 5) is 26.3. The molecule has 2 rings (SSSR count). The summed E-state index contributed by atoms with van der Waals surface area (Å²) >= 11 is 6.15. The summed E-state index contributed by atoms with van der Waals surface area (Å²) in [5.74, 6) is -0.187. The summed E-state index contributed by atoms with van der Waals surface area (Å²) in [7, 11) is 0. The van der Waals surface area contributed by atoms with E-state index in [9.17, 15) is 9.59 Å². The topological polar surface area (TPSA) is 49.4 Å². The number of piperazine rings is 1. The van der Waals surface area contributed by atoms with Crippen molar-refractivity contribution < 1.29 is 9.59 Å². The van der Waals surface area contributed by atoms with Gasteiger partial charge in [0, 0.05) is 11.6 Å². The van der Waals surface area contributed by atoms with Gasteiger partial charge in [-0.05, 0) is 31.9 Å². The van der Waals surface area contributed by atoms with Gasteiger partial charge >= 0.3 is 0 Å². The zero-order valence-electron chi connectivity index (χ0n) is 11.9. The number of hydrogen-bond acceptors (Lipinski definition) is 2. The van der Waals surface area contributed by atoms with Crippen LogP contribution in [0.4, 0.5) is 0 Å². The molecule has 0 radical (unpaired) electrons. The molecule has 4 nitrogen and oxygen atoms in total. The molecule has 1 aromatic rings. The quantitative estimate of drug-likeness (QED) is 0.930. The molecule has 20 heavy (non-hydrogen) atoms. The highest BCUT2D eigenvalue weighted by Gasteiger charge is 2.45. The van der Waals surface area contributed by atoms with Crippen LogP contribution in [0, 0.1) is 0 Å². The molecule has 1 unspecified atom stereocenters. The number of halogens is 1. The third kappa shape index (κ3) is 2.52. The third-order valence-corrected chi connectivity index (χ3v) is 4.16. The molecule has 2 amide bonds. The summed E-state index contributed by atoms with van der Waals surface area (Å²) in [6.07, 6.45) is 0.583. The van der Waals surface area contributed by atoms with Gasteiger partial charge in [-0.3, -0.25) is 9.59 Å². The van der Waals surface area contributed by atoms with Crippen LogP contribution in [0.3, 0.4) is 0 Å². The van der Waals surface area contributed by atoms with Crippen molar-refractivity contribution in [3.05, 3.63) is 34.9 Å². The first kappa shape index (κ1) is 14.9. The molecular formula is C15H19ClN2O2. The summed E-state index contributed by atoms with van der Waals surface area (Å²) in [5.41, 5.74) is -0.0257. The Morgan fingerprint density at radius 2 is 1.95 bits per heavy atom. The van der Waals surface area contributed by atoms with Gasteiger partial charge in [-0.2, -0.15) is 0 Å². The van der Waals surface area contributed by atoms with Gasteiger partial charge in [-0.1, -0.05) is 36.7 Å². The van der Waals surface area contributed by atoms with Crippen molar-refractivity contribution in [2.75, 3.05) is 0 Å². The number of hydrogen-bond donors (Lipinski definition) is 1. The maximum atomic E-state index is 12.5. The van der Waals surface area contributed by atoms with Crippen LogP contribution < -0.4 is 5.32 Å². The van der Waals surface area contributed by atoms with Gasteiger partial charge < -0.3 is 10.2 Å². The van der Waals surface area contributed by atoms with Crippen molar-refractivity contribution in [3.8, 4) is 0 Å². The smallest absolute Gasteiger partial charge is 0.246 e. The van der Waals surface area contributed by atoms with E-state index in [1.165, 1.54) is 0 Å². The van der Waals surface area contributed by atoms with Crippen molar-refractivity contribution in [2.45, 2.75) is 45.3 Å². The average molecular weight is 295 g/mol. The average Bonchev–Trinajstić information content (AvgIpc) is 2.41. The van der Waals surface area contributed by atoms with Gasteiger partial charge in [-0.15, -0.1) is 0 Å². The van der Waals surface area contributed by atoms with E-state index in [2.05, 4.69) is 5.32 Å². The molecule has 108 valence electrons.